The van der Waals surface area contributed by atoms with Crippen molar-refractivity contribution in [2.45, 2.75) is 31.5 Å². The standard InChI is InChI=1S/C7H9NO/c1-7(5-2-3-5)6(4-8)9-7/h5-6H,2-3H2,1H3. The van der Waals surface area contributed by atoms with E-state index >= 15 is 0 Å². The maximum atomic E-state index is 8.44. The van der Waals surface area contributed by atoms with Crippen LogP contribution in [-0.4, -0.2) is 11.7 Å². The van der Waals surface area contributed by atoms with Gasteiger partial charge in [-0.2, -0.15) is 5.26 Å². The first kappa shape index (κ1) is 5.25. The van der Waals surface area contributed by atoms with Crippen LogP contribution in [0, 0.1) is 17.2 Å². The van der Waals surface area contributed by atoms with Crippen LogP contribution in [0.5, 0.6) is 0 Å². The van der Waals surface area contributed by atoms with Crippen molar-refractivity contribution in [3.05, 3.63) is 0 Å². The van der Waals surface area contributed by atoms with Crippen molar-refractivity contribution in [1.82, 2.24) is 0 Å². The Hall–Kier alpha value is -0.550. The molecule has 2 rings (SSSR count). The molecule has 1 aliphatic carbocycles. The minimum atomic E-state index is -0.0926. The maximum absolute atomic E-state index is 8.44. The van der Waals surface area contributed by atoms with E-state index in [1.165, 1.54) is 12.8 Å². The third-order valence-electron chi connectivity index (χ3n) is 2.34. The molecular weight excluding hydrogens is 114 g/mol. The number of nitrogens with zero attached hydrogens (tertiary/aromatic N) is 1. The third kappa shape index (κ3) is 0.585. The Bertz CT molecular complexity index is 180. The molecule has 0 aromatic carbocycles. The van der Waals surface area contributed by atoms with Gasteiger partial charge in [0.1, 0.15) is 5.60 Å². The van der Waals surface area contributed by atoms with E-state index in [0.717, 1.165) is 0 Å². The summed E-state index contributed by atoms with van der Waals surface area (Å²) in [6, 6.07) is 2.13. The minimum Gasteiger partial charge on any atom is -0.350 e. The highest BCUT2D eigenvalue weighted by Gasteiger charge is 2.61. The lowest BCUT2D eigenvalue weighted by Gasteiger charge is -1.96. The lowest BCUT2D eigenvalue weighted by Crippen LogP contribution is -2.10. The molecule has 0 radical (unpaired) electrons. The van der Waals surface area contributed by atoms with Crippen molar-refractivity contribution in [1.29, 1.82) is 5.26 Å². The van der Waals surface area contributed by atoms with Crippen molar-refractivity contribution in [3.63, 3.8) is 0 Å². The van der Waals surface area contributed by atoms with Gasteiger partial charge >= 0.3 is 0 Å². The smallest absolute Gasteiger partial charge is 0.173 e. The average Bonchev–Trinajstić information content (AvgIpc) is 2.54. The topological polar surface area (TPSA) is 36.3 Å². The van der Waals surface area contributed by atoms with E-state index in [1.54, 1.807) is 0 Å². The molecule has 1 saturated carbocycles. The predicted molar refractivity (Wildman–Crippen MR) is 31.6 cm³/mol. The van der Waals surface area contributed by atoms with Crippen molar-refractivity contribution in [2.75, 3.05) is 0 Å². The molecule has 1 saturated heterocycles. The normalized spacial score (nSPS) is 48.2. The number of hydrogen-bond donors (Lipinski definition) is 0. The SMILES string of the molecule is CC1(C2CC2)OC1C#N. The van der Waals surface area contributed by atoms with Gasteiger partial charge in [0.15, 0.2) is 6.10 Å². The molecule has 9 heavy (non-hydrogen) atoms. The summed E-state index contributed by atoms with van der Waals surface area (Å²) in [7, 11) is 0. The Morgan fingerprint density at radius 2 is 2.33 bits per heavy atom. The molecule has 2 fully saturated rings. The minimum absolute atomic E-state index is 0.0330. The van der Waals surface area contributed by atoms with Gasteiger partial charge in [0.05, 0.1) is 6.07 Å². The Kier molecular flexibility index (Phi) is 0.758. The molecule has 2 unspecified atom stereocenters. The molecule has 2 nitrogen and oxygen atoms in total. The molecule has 2 atom stereocenters. The molecule has 0 amide bonds. The summed E-state index contributed by atoms with van der Waals surface area (Å²) >= 11 is 0. The first-order chi connectivity index (χ1) is 4.27. The van der Waals surface area contributed by atoms with Gasteiger partial charge in [-0.15, -0.1) is 0 Å². The Morgan fingerprint density at radius 3 is 2.67 bits per heavy atom. The van der Waals surface area contributed by atoms with Crippen LogP contribution in [0.2, 0.25) is 0 Å². The quantitative estimate of drug-likeness (QED) is 0.489. The molecule has 1 aliphatic heterocycles. The summed E-state index contributed by atoms with van der Waals surface area (Å²) < 4.78 is 5.22. The first-order valence-corrected chi connectivity index (χ1v) is 3.35. The molecule has 0 aromatic heterocycles. The number of epoxide rings is 1. The molecular formula is C7H9NO. The van der Waals surface area contributed by atoms with Crippen molar-refractivity contribution in [2.24, 2.45) is 5.92 Å². The molecule has 1 heterocycles. The van der Waals surface area contributed by atoms with Gasteiger partial charge in [0, 0.05) is 0 Å². The van der Waals surface area contributed by atoms with E-state index in [1.807, 2.05) is 6.92 Å². The largest absolute Gasteiger partial charge is 0.350 e. The van der Waals surface area contributed by atoms with E-state index in [9.17, 15) is 0 Å². The van der Waals surface area contributed by atoms with Crippen molar-refractivity contribution < 1.29 is 4.74 Å². The fraction of sp³-hybridized carbons (Fsp3) is 0.857. The highest BCUT2D eigenvalue weighted by atomic mass is 16.6. The van der Waals surface area contributed by atoms with Gasteiger partial charge in [-0.05, 0) is 25.7 Å². The predicted octanol–water partition coefficient (Wildman–Crippen LogP) is 1.08. The summed E-state index contributed by atoms with van der Waals surface area (Å²) in [5, 5.41) is 8.44. The number of ether oxygens (including phenoxy) is 1. The Balaban J connectivity index is 2.05. The number of rotatable bonds is 1. The second kappa shape index (κ2) is 1.30. The highest BCUT2D eigenvalue weighted by Crippen LogP contribution is 2.53. The van der Waals surface area contributed by atoms with Gasteiger partial charge < -0.3 is 4.74 Å². The Labute approximate surface area is 54.4 Å². The van der Waals surface area contributed by atoms with Crippen LogP contribution in [0.15, 0.2) is 0 Å². The van der Waals surface area contributed by atoms with Crippen LogP contribution >= 0.6 is 0 Å². The zero-order valence-electron chi connectivity index (χ0n) is 5.42. The monoisotopic (exact) mass is 123 g/mol. The van der Waals surface area contributed by atoms with Crippen LogP contribution in [0.1, 0.15) is 19.8 Å². The van der Waals surface area contributed by atoms with E-state index in [4.69, 9.17) is 10.00 Å². The average molecular weight is 123 g/mol. The van der Waals surface area contributed by atoms with Gasteiger partial charge in [0.2, 0.25) is 0 Å². The van der Waals surface area contributed by atoms with E-state index in [2.05, 4.69) is 6.07 Å². The molecule has 0 bridgehead atoms. The molecule has 0 N–H and O–H groups in total. The fourth-order valence-electron chi connectivity index (χ4n) is 1.34. The summed E-state index contributed by atoms with van der Waals surface area (Å²) in [5.41, 5.74) is -0.0330. The van der Waals surface area contributed by atoms with Crippen molar-refractivity contribution in [3.8, 4) is 6.07 Å². The summed E-state index contributed by atoms with van der Waals surface area (Å²) in [6.07, 6.45) is 2.42. The second-order valence-corrected chi connectivity index (χ2v) is 3.09. The summed E-state index contributed by atoms with van der Waals surface area (Å²) in [6.45, 7) is 2.04. The van der Waals surface area contributed by atoms with Crippen LogP contribution in [0.25, 0.3) is 0 Å². The maximum Gasteiger partial charge on any atom is 0.173 e. The third-order valence-corrected chi connectivity index (χ3v) is 2.34. The number of hydrogen-bond acceptors (Lipinski definition) is 2. The van der Waals surface area contributed by atoms with Crippen LogP contribution in [0.3, 0.4) is 0 Å². The first-order valence-electron chi connectivity index (χ1n) is 3.35. The lowest BCUT2D eigenvalue weighted by molar-refractivity contribution is 0.290. The van der Waals surface area contributed by atoms with E-state index < -0.39 is 0 Å². The van der Waals surface area contributed by atoms with E-state index in [-0.39, 0.29) is 11.7 Å². The molecule has 0 aromatic rings. The molecule has 2 aliphatic rings. The highest BCUT2D eigenvalue weighted by molar-refractivity contribution is 5.17. The fourth-order valence-corrected chi connectivity index (χ4v) is 1.34. The molecule has 48 valence electrons. The second-order valence-electron chi connectivity index (χ2n) is 3.09. The van der Waals surface area contributed by atoms with E-state index in [0.29, 0.717) is 5.92 Å². The van der Waals surface area contributed by atoms with Gasteiger partial charge in [-0.3, -0.25) is 0 Å². The Morgan fingerprint density at radius 1 is 1.67 bits per heavy atom. The number of nitriles is 1. The van der Waals surface area contributed by atoms with Crippen LogP contribution in [-0.2, 0) is 4.74 Å². The molecule has 2 heteroatoms. The van der Waals surface area contributed by atoms with Gasteiger partial charge in [-0.25, -0.2) is 0 Å². The van der Waals surface area contributed by atoms with Crippen LogP contribution < -0.4 is 0 Å². The molecule has 0 spiro atoms. The zero-order valence-corrected chi connectivity index (χ0v) is 5.42. The lowest BCUT2D eigenvalue weighted by atomic mass is 10.0. The zero-order chi connectivity index (χ0) is 6.48. The van der Waals surface area contributed by atoms with Crippen LogP contribution in [0.4, 0.5) is 0 Å². The van der Waals surface area contributed by atoms with Gasteiger partial charge in [0.25, 0.3) is 0 Å². The van der Waals surface area contributed by atoms with Crippen molar-refractivity contribution >= 4 is 0 Å². The summed E-state index contributed by atoms with van der Waals surface area (Å²) in [5.74, 6) is 0.696. The summed E-state index contributed by atoms with van der Waals surface area (Å²) in [4.78, 5) is 0. The van der Waals surface area contributed by atoms with Gasteiger partial charge in [-0.1, -0.05) is 0 Å².